The summed E-state index contributed by atoms with van der Waals surface area (Å²) in [6, 6.07) is 1.88. The maximum Gasteiger partial charge on any atom is 0.221 e. The van der Waals surface area contributed by atoms with Gasteiger partial charge in [0.2, 0.25) is 5.88 Å². The highest BCUT2D eigenvalue weighted by Gasteiger charge is 2.25. The largest absolute Gasteiger partial charge is 0.473 e. The van der Waals surface area contributed by atoms with Crippen LogP contribution < -0.4 is 9.64 Å². The summed E-state index contributed by atoms with van der Waals surface area (Å²) in [5.41, 5.74) is 6.24. The topological polar surface area (TPSA) is 113 Å². The van der Waals surface area contributed by atoms with Crippen LogP contribution in [0.4, 0.5) is 5.82 Å². The van der Waals surface area contributed by atoms with Gasteiger partial charge in [0.1, 0.15) is 6.10 Å². The molecule has 4 aromatic rings. The lowest BCUT2D eigenvalue weighted by atomic mass is 10.1. The molecular formula is C27H37N9O2. The van der Waals surface area contributed by atoms with Gasteiger partial charge in [-0.25, -0.2) is 4.68 Å². The predicted molar refractivity (Wildman–Crippen MR) is 149 cm³/mol. The molecule has 0 amide bonds. The third kappa shape index (κ3) is 4.56. The third-order valence-electron chi connectivity index (χ3n) is 7.16. The van der Waals surface area contributed by atoms with E-state index in [-0.39, 0.29) is 18.8 Å². The number of fused-ring (bicyclic) bond motifs is 4. The zero-order chi connectivity index (χ0) is 27.1. The summed E-state index contributed by atoms with van der Waals surface area (Å²) in [5, 5.41) is 28.3. The molecule has 2 N–H and O–H groups in total. The molecule has 38 heavy (non-hydrogen) atoms. The van der Waals surface area contributed by atoms with Gasteiger partial charge in [-0.3, -0.25) is 19.7 Å². The molecule has 11 nitrogen and oxygen atoms in total. The molecule has 0 spiro atoms. The van der Waals surface area contributed by atoms with Gasteiger partial charge in [0.05, 0.1) is 52.7 Å². The second-order valence-corrected chi connectivity index (χ2v) is 10.2. The number of hydrogen-bond donors (Lipinski definition) is 2. The number of aryl methyl sites for hydroxylation is 2. The Morgan fingerprint density at radius 3 is 2.79 bits per heavy atom. The van der Waals surface area contributed by atoms with Gasteiger partial charge in [-0.2, -0.15) is 15.3 Å². The van der Waals surface area contributed by atoms with Gasteiger partial charge in [0.15, 0.2) is 5.82 Å². The Bertz CT molecular complexity index is 1480. The number of aliphatic hydroxyl groups is 1. The van der Waals surface area contributed by atoms with Crippen LogP contribution in [0.3, 0.4) is 0 Å². The molecule has 0 aromatic carbocycles. The number of aliphatic hydroxyl groups excluding tert-OH is 1. The lowest BCUT2D eigenvalue weighted by Crippen LogP contribution is -2.32. The van der Waals surface area contributed by atoms with Crippen molar-refractivity contribution in [1.82, 2.24) is 39.6 Å². The maximum atomic E-state index is 10.0. The Labute approximate surface area is 222 Å². The fourth-order valence-electron chi connectivity index (χ4n) is 5.09. The highest BCUT2D eigenvalue weighted by Crippen LogP contribution is 2.35. The number of aromatic nitrogens is 7. The predicted octanol–water partition coefficient (Wildman–Crippen LogP) is 3.26. The van der Waals surface area contributed by atoms with Crippen LogP contribution in [0, 0.1) is 6.92 Å². The zero-order valence-corrected chi connectivity index (χ0v) is 23.2. The van der Waals surface area contributed by atoms with E-state index in [4.69, 9.17) is 14.8 Å². The minimum atomic E-state index is -0.167. The Morgan fingerprint density at radius 1 is 1.26 bits per heavy atom. The number of pyridine rings is 1. The Morgan fingerprint density at radius 2 is 2.05 bits per heavy atom. The van der Waals surface area contributed by atoms with Crippen LogP contribution in [0.5, 0.6) is 5.88 Å². The van der Waals surface area contributed by atoms with Gasteiger partial charge in [-0.15, -0.1) is 0 Å². The molecule has 0 saturated carbocycles. The second-order valence-electron chi connectivity index (χ2n) is 10.2. The minimum absolute atomic E-state index is 0.00125. The van der Waals surface area contributed by atoms with E-state index in [0.29, 0.717) is 19.0 Å². The van der Waals surface area contributed by atoms with Crippen molar-refractivity contribution in [3.8, 4) is 17.1 Å². The average molecular weight is 520 g/mol. The van der Waals surface area contributed by atoms with Crippen LogP contribution in [0.15, 0.2) is 12.3 Å². The number of likely N-dealkylation sites (N-methyl/N-ethyl adjacent to an activating group) is 1. The van der Waals surface area contributed by atoms with E-state index in [2.05, 4.69) is 52.1 Å². The summed E-state index contributed by atoms with van der Waals surface area (Å²) in [7, 11) is 6.01. The van der Waals surface area contributed by atoms with Crippen LogP contribution in [0.2, 0.25) is 0 Å². The first-order chi connectivity index (χ1) is 18.2. The maximum absolute atomic E-state index is 10.0. The molecule has 0 radical (unpaired) electrons. The standard InChI is InChI=1S/C27H37N9O2/c1-8-34(6)26-19-9-10-21-20-11-22(28-12-23(20)30-29-21)25-18(4)31-35(7)27(25)38-17(3)13-33(5)14-24(19)36(32-26)16(2)15-37/h9-12,16-17,37H,8,13-15H2,1-7H3,(H,29,30)/b10-9+. The fourth-order valence-corrected chi connectivity index (χ4v) is 5.09. The fraction of sp³-hybridized carbons (Fsp3) is 0.481. The molecule has 1 aliphatic rings. The molecule has 0 aliphatic carbocycles. The van der Waals surface area contributed by atoms with E-state index in [1.54, 1.807) is 4.68 Å². The van der Waals surface area contributed by atoms with Gasteiger partial charge >= 0.3 is 0 Å². The highest BCUT2D eigenvalue weighted by atomic mass is 16.5. The molecule has 5 heterocycles. The first-order valence-electron chi connectivity index (χ1n) is 13.1. The SMILES string of the molecule is CCN(C)c1nn(C(C)CO)c2c1/C=C/c1n[nH]c3cnc(cc13)-c1c(C)nn(C)c1OC(C)CN(C)C2. The number of hydrogen-bond acceptors (Lipinski definition) is 8. The molecule has 0 saturated heterocycles. The van der Waals surface area contributed by atoms with E-state index in [0.717, 1.165) is 57.2 Å². The first-order valence-corrected chi connectivity index (χ1v) is 13.1. The monoisotopic (exact) mass is 519 g/mol. The molecule has 2 atom stereocenters. The zero-order valence-electron chi connectivity index (χ0n) is 23.2. The van der Waals surface area contributed by atoms with Gasteiger partial charge in [0, 0.05) is 44.7 Å². The summed E-state index contributed by atoms with van der Waals surface area (Å²) < 4.78 is 10.2. The van der Waals surface area contributed by atoms with Crippen molar-refractivity contribution >= 4 is 28.9 Å². The summed E-state index contributed by atoms with van der Waals surface area (Å²) >= 11 is 0. The normalized spacial score (nSPS) is 17.9. The van der Waals surface area contributed by atoms with Crippen LogP contribution in [0.25, 0.3) is 34.3 Å². The molecule has 1 aliphatic heterocycles. The Kier molecular flexibility index (Phi) is 6.97. The van der Waals surface area contributed by atoms with Crippen molar-refractivity contribution in [2.24, 2.45) is 7.05 Å². The third-order valence-corrected chi connectivity index (χ3v) is 7.16. The number of nitrogens with zero attached hydrogens (tertiary/aromatic N) is 8. The summed E-state index contributed by atoms with van der Waals surface area (Å²) in [5.74, 6) is 1.56. The van der Waals surface area contributed by atoms with E-state index in [1.165, 1.54) is 0 Å². The van der Waals surface area contributed by atoms with Gasteiger partial charge in [-0.05, 0) is 53.0 Å². The smallest absolute Gasteiger partial charge is 0.221 e. The number of anilines is 1. The summed E-state index contributed by atoms with van der Waals surface area (Å²) in [6.45, 7) is 10.2. The lowest BCUT2D eigenvalue weighted by Gasteiger charge is -2.24. The van der Waals surface area contributed by atoms with Crippen LogP contribution >= 0.6 is 0 Å². The van der Waals surface area contributed by atoms with E-state index in [1.807, 2.05) is 51.0 Å². The van der Waals surface area contributed by atoms with E-state index >= 15 is 0 Å². The first kappa shape index (κ1) is 25.9. The second kappa shape index (κ2) is 10.2. The van der Waals surface area contributed by atoms with Crippen LogP contribution in [0.1, 0.15) is 49.5 Å². The summed E-state index contributed by atoms with van der Waals surface area (Å²) in [6.07, 6.45) is 5.81. The number of rotatable bonds is 4. The molecule has 202 valence electrons. The van der Waals surface area contributed by atoms with E-state index < -0.39 is 0 Å². The lowest BCUT2D eigenvalue weighted by molar-refractivity contribution is 0.145. The van der Waals surface area contributed by atoms with Crippen molar-refractivity contribution in [3.05, 3.63) is 34.9 Å². The Hall–Kier alpha value is -3.70. The molecule has 2 unspecified atom stereocenters. The number of aromatic amines is 1. The highest BCUT2D eigenvalue weighted by molar-refractivity contribution is 5.92. The Balaban J connectivity index is 1.73. The molecule has 11 heteroatoms. The van der Waals surface area contributed by atoms with Crippen molar-refractivity contribution in [2.75, 3.05) is 38.7 Å². The van der Waals surface area contributed by atoms with Crippen molar-refractivity contribution in [3.63, 3.8) is 0 Å². The van der Waals surface area contributed by atoms with Gasteiger partial charge < -0.3 is 14.7 Å². The molecular weight excluding hydrogens is 482 g/mol. The number of nitrogens with one attached hydrogen (secondary N) is 1. The average Bonchev–Trinajstić information content (AvgIpc) is 3.54. The molecule has 5 rings (SSSR count). The quantitative estimate of drug-likeness (QED) is 0.423. The van der Waals surface area contributed by atoms with E-state index in [9.17, 15) is 5.11 Å². The van der Waals surface area contributed by atoms with Gasteiger partial charge in [-0.1, -0.05) is 0 Å². The number of H-pyrrole nitrogens is 1. The molecule has 0 fully saturated rings. The summed E-state index contributed by atoms with van der Waals surface area (Å²) in [4.78, 5) is 9.07. The molecule has 4 aromatic heterocycles. The van der Waals surface area contributed by atoms with Crippen LogP contribution in [-0.4, -0.2) is 84.6 Å². The van der Waals surface area contributed by atoms with Crippen molar-refractivity contribution in [1.29, 1.82) is 0 Å². The van der Waals surface area contributed by atoms with Gasteiger partial charge in [0.25, 0.3) is 0 Å². The number of ether oxygens (including phenoxy) is 1. The van der Waals surface area contributed by atoms with Crippen LogP contribution in [-0.2, 0) is 13.6 Å². The molecule has 2 bridgehead atoms. The minimum Gasteiger partial charge on any atom is -0.473 e. The van der Waals surface area contributed by atoms with Crippen molar-refractivity contribution < 1.29 is 9.84 Å². The van der Waals surface area contributed by atoms with Crippen molar-refractivity contribution in [2.45, 2.75) is 46.4 Å².